The molecular formula is C11H16N2O5. The van der Waals surface area contributed by atoms with Gasteiger partial charge in [0, 0.05) is 19.2 Å². The number of nitrogens with zero attached hydrogens (tertiary/aromatic N) is 1. The molecule has 100 valence electrons. The summed E-state index contributed by atoms with van der Waals surface area (Å²) in [6.07, 6.45) is 0. The first-order chi connectivity index (χ1) is 8.63. The summed E-state index contributed by atoms with van der Waals surface area (Å²) in [7, 11) is 3.01. The molecule has 1 aromatic carbocycles. The minimum Gasteiger partial charge on any atom is -0.493 e. The van der Waals surface area contributed by atoms with Gasteiger partial charge in [0.05, 0.1) is 24.7 Å². The van der Waals surface area contributed by atoms with Gasteiger partial charge in [-0.25, -0.2) is 0 Å². The molecule has 1 aromatic rings. The number of hydrogen-bond acceptors (Lipinski definition) is 6. The van der Waals surface area contributed by atoms with Crippen LogP contribution in [0.15, 0.2) is 12.1 Å². The molecule has 2 N–H and O–H groups in total. The van der Waals surface area contributed by atoms with Crippen molar-refractivity contribution in [1.82, 2.24) is 0 Å². The van der Waals surface area contributed by atoms with Gasteiger partial charge in [-0.1, -0.05) is 0 Å². The van der Waals surface area contributed by atoms with Crippen LogP contribution in [0.25, 0.3) is 0 Å². The van der Waals surface area contributed by atoms with E-state index in [1.807, 2.05) is 0 Å². The number of methoxy groups -OCH3 is 2. The zero-order valence-electron chi connectivity index (χ0n) is 10.3. The summed E-state index contributed by atoms with van der Waals surface area (Å²) < 4.78 is 15.3. The summed E-state index contributed by atoms with van der Waals surface area (Å²) in [5, 5.41) is 10.9. The molecule has 0 aliphatic rings. The number of benzene rings is 1. The van der Waals surface area contributed by atoms with Gasteiger partial charge in [-0.3, -0.25) is 10.1 Å². The van der Waals surface area contributed by atoms with Gasteiger partial charge >= 0.3 is 0 Å². The summed E-state index contributed by atoms with van der Waals surface area (Å²) in [6, 6.07) is 2.83. The van der Waals surface area contributed by atoms with E-state index in [9.17, 15) is 10.1 Å². The molecule has 0 fully saturated rings. The normalized spacial score (nSPS) is 10.2. The van der Waals surface area contributed by atoms with E-state index in [1.165, 1.54) is 19.2 Å². The highest BCUT2D eigenvalue weighted by Gasteiger charge is 2.18. The Bertz CT molecular complexity index is 422. The van der Waals surface area contributed by atoms with Crippen molar-refractivity contribution in [2.45, 2.75) is 6.54 Å². The summed E-state index contributed by atoms with van der Waals surface area (Å²) in [5.74, 6) is 0.718. The first-order valence-corrected chi connectivity index (χ1v) is 5.31. The topological polar surface area (TPSA) is 96.8 Å². The minimum atomic E-state index is -0.495. The van der Waals surface area contributed by atoms with Crippen molar-refractivity contribution in [1.29, 1.82) is 0 Å². The van der Waals surface area contributed by atoms with Crippen molar-refractivity contribution in [3.05, 3.63) is 27.8 Å². The summed E-state index contributed by atoms with van der Waals surface area (Å²) in [4.78, 5) is 10.4. The van der Waals surface area contributed by atoms with Crippen LogP contribution in [-0.2, 0) is 11.3 Å². The third-order valence-corrected chi connectivity index (χ3v) is 2.33. The van der Waals surface area contributed by atoms with Crippen LogP contribution in [0.2, 0.25) is 0 Å². The van der Waals surface area contributed by atoms with E-state index in [0.717, 1.165) is 0 Å². The fourth-order valence-corrected chi connectivity index (χ4v) is 1.43. The smallest absolute Gasteiger partial charge is 0.277 e. The Hall–Kier alpha value is -1.86. The molecule has 0 unspecified atom stereocenters. The molecule has 0 saturated heterocycles. The van der Waals surface area contributed by atoms with Crippen LogP contribution in [0.4, 0.5) is 5.69 Å². The predicted molar refractivity (Wildman–Crippen MR) is 64.9 cm³/mol. The van der Waals surface area contributed by atoms with Gasteiger partial charge in [-0.05, 0) is 6.07 Å². The van der Waals surface area contributed by atoms with Gasteiger partial charge in [0.2, 0.25) is 0 Å². The van der Waals surface area contributed by atoms with E-state index in [0.29, 0.717) is 23.7 Å². The Morgan fingerprint density at radius 2 is 2.00 bits per heavy atom. The Labute approximate surface area is 105 Å². The molecule has 0 amide bonds. The first-order valence-electron chi connectivity index (χ1n) is 5.31. The zero-order chi connectivity index (χ0) is 13.5. The Morgan fingerprint density at radius 3 is 2.50 bits per heavy atom. The van der Waals surface area contributed by atoms with Crippen LogP contribution >= 0.6 is 0 Å². The van der Waals surface area contributed by atoms with E-state index >= 15 is 0 Å². The summed E-state index contributed by atoms with van der Waals surface area (Å²) in [5.41, 5.74) is 5.78. The molecule has 0 radical (unpaired) electrons. The van der Waals surface area contributed by atoms with E-state index in [1.54, 1.807) is 7.11 Å². The van der Waals surface area contributed by atoms with Crippen LogP contribution in [0.5, 0.6) is 11.5 Å². The third-order valence-electron chi connectivity index (χ3n) is 2.33. The predicted octanol–water partition coefficient (Wildman–Crippen LogP) is 1.09. The highest BCUT2D eigenvalue weighted by Crippen LogP contribution is 2.34. The lowest BCUT2D eigenvalue weighted by Crippen LogP contribution is -2.07. The van der Waals surface area contributed by atoms with Crippen molar-refractivity contribution in [2.75, 3.05) is 27.4 Å². The second-order valence-electron chi connectivity index (χ2n) is 3.43. The third kappa shape index (κ3) is 3.31. The van der Waals surface area contributed by atoms with E-state index in [2.05, 4.69) is 0 Å². The van der Waals surface area contributed by atoms with Gasteiger partial charge in [0.1, 0.15) is 6.61 Å². The largest absolute Gasteiger partial charge is 0.493 e. The molecule has 1 rings (SSSR count). The number of nitro groups is 1. The van der Waals surface area contributed by atoms with Crippen molar-refractivity contribution >= 4 is 5.69 Å². The fourth-order valence-electron chi connectivity index (χ4n) is 1.43. The molecule has 18 heavy (non-hydrogen) atoms. The van der Waals surface area contributed by atoms with Crippen molar-refractivity contribution < 1.29 is 19.1 Å². The number of nitrogens with two attached hydrogens (primary N) is 1. The van der Waals surface area contributed by atoms with Crippen LogP contribution in [0.1, 0.15) is 5.56 Å². The van der Waals surface area contributed by atoms with Gasteiger partial charge in [-0.2, -0.15) is 0 Å². The Balaban J connectivity index is 3.07. The van der Waals surface area contributed by atoms with E-state index in [-0.39, 0.29) is 18.8 Å². The molecule has 0 heterocycles. The quantitative estimate of drug-likeness (QED) is 0.445. The molecule has 7 nitrogen and oxygen atoms in total. The molecule has 0 bridgehead atoms. The standard InChI is InChI=1S/C11H16N2O5/c1-16-3-4-18-11-6-9(13(14)15)8(7-12)5-10(11)17-2/h5-6H,3-4,7,12H2,1-2H3. The maximum Gasteiger partial charge on any atom is 0.277 e. The summed E-state index contributed by atoms with van der Waals surface area (Å²) in [6.45, 7) is 0.729. The van der Waals surface area contributed by atoms with Crippen molar-refractivity contribution in [3.8, 4) is 11.5 Å². The Kier molecular flexibility index (Phi) is 5.34. The average molecular weight is 256 g/mol. The highest BCUT2D eigenvalue weighted by atomic mass is 16.6. The Morgan fingerprint density at radius 1 is 1.28 bits per heavy atom. The molecule has 0 aromatic heterocycles. The van der Waals surface area contributed by atoms with Crippen molar-refractivity contribution in [2.24, 2.45) is 5.73 Å². The molecule has 0 atom stereocenters. The number of hydrogen-bond donors (Lipinski definition) is 1. The molecule has 7 heteroatoms. The lowest BCUT2D eigenvalue weighted by molar-refractivity contribution is -0.385. The monoisotopic (exact) mass is 256 g/mol. The van der Waals surface area contributed by atoms with Crippen LogP contribution < -0.4 is 15.2 Å². The lowest BCUT2D eigenvalue weighted by Gasteiger charge is -2.11. The summed E-state index contributed by atoms with van der Waals surface area (Å²) >= 11 is 0. The van der Waals surface area contributed by atoms with Crippen molar-refractivity contribution in [3.63, 3.8) is 0 Å². The van der Waals surface area contributed by atoms with Gasteiger partial charge in [0.25, 0.3) is 5.69 Å². The molecular weight excluding hydrogens is 240 g/mol. The maximum atomic E-state index is 10.9. The van der Waals surface area contributed by atoms with Crippen LogP contribution in [0.3, 0.4) is 0 Å². The van der Waals surface area contributed by atoms with Gasteiger partial charge in [0.15, 0.2) is 11.5 Å². The second-order valence-corrected chi connectivity index (χ2v) is 3.43. The number of rotatable bonds is 7. The lowest BCUT2D eigenvalue weighted by atomic mass is 10.1. The second kappa shape index (κ2) is 6.77. The van der Waals surface area contributed by atoms with Crippen LogP contribution in [-0.4, -0.2) is 32.4 Å². The first kappa shape index (κ1) is 14.2. The van der Waals surface area contributed by atoms with Crippen LogP contribution in [0, 0.1) is 10.1 Å². The molecule has 0 aliphatic carbocycles. The van der Waals surface area contributed by atoms with E-state index in [4.69, 9.17) is 19.9 Å². The van der Waals surface area contributed by atoms with E-state index < -0.39 is 4.92 Å². The molecule has 0 spiro atoms. The van der Waals surface area contributed by atoms with Gasteiger partial charge < -0.3 is 19.9 Å². The zero-order valence-corrected chi connectivity index (χ0v) is 10.3. The van der Waals surface area contributed by atoms with Gasteiger partial charge in [-0.15, -0.1) is 0 Å². The minimum absolute atomic E-state index is 0.0605. The average Bonchev–Trinajstić information content (AvgIpc) is 2.38. The number of ether oxygens (including phenoxy) is 3. The molecule has 0 aliphatic heterocycles. The SMILES string of the molecule is COCCOc1cc([N+](=O)[O-])c(CN)cc1OC. The fraction of sp³-hybridized carbons (Fsp3) is 0.455. The maximum absolute atomic E-state index is 10.9. The number of nitro benzene ring substituents is 1. The highest BCUT2D eigenvalue weighted by molar-refractivity contribution is 5.54. The molecule has 0 saturated carbocycles.